The highest BCUT2D eigenvalue weighted by Crippen LogP contribution is 2.29. The van der Waals surface area contributed by atoms with E-state index in [-0.39, 0.29) is 11.8 Å². The van der Waals surface area contributed by atoms with Gasteiger partial charge in [-0.1, -0.05) is 40.7 Å². The van der Waals surface area contributed by atoms with E-state index in [1.807, 2.05) is 36.7 Å². The van der Waals surface area contributed by atoms with Crippen LogP contribution in [0.15, 0.2) is 17.6 Å². The summed E-state index contributed by atoms with van der Waals surface area (Å²) in [5, 5.41) is 1.30. The number of carbonyl (C=O) groups excluding carboxylic acids is 1. The Morgan fingerprint density at radius 2 is 2.04 bits per heavy atom. The number of hydrogen-bond donors (Lipinski definition) is 0. The van der Waals surface area contributed by atoms with E-state index in [0.29, 0.717) is 23.8 Å². The molecule has 1 amide bonds. The zero-order chi connectivity index (χ0) is 19.0. The maximum atomic E-state index is 12.2. The molecule has 4 heteroatoms. The smallest absolute Gasteiger partial charge is 0.225 e. The Morgan fingerprint density at radius 1 is 1.36 bits per heavy atom. The molecule has 1 unspecified atom stereocenters. The fraction of sp³-hybridized carbons (Fsp3) is 0.810. The van der Waals surface area contributed by atoms with Crippen LogP contribution in [-0.4, -0.2) is 41.2 Å². The Labute approximate surface area is 159 Å². The highest BCUT2D eigenvalue weighted by atomic mass is 32.2. The number of rotatable bonds is 11. The Bertz CT molecular complexity index is 463. The molecule has 0 saturated carbocycles. The number of nitrogens with zero attached hydrogens (tertiary/aromatic N) is 2. The average molecular weight is 367 g/mol. The van der Waals surface area contributed by atoms with Crippen LogP contribution in [-0.2, 0) is 4.79 Å². The predicted octanol–water partition coefficient (Wildman–Crippen LogP) is 5.27. The van der Waals surface area contributed by atoms with Gasteiger partial charge in [-0.05, 0) is 43.4 Å². The van der Waals surface area contributed by atoms with E-state index >= 15 is 0 Å². The summed E-state index contributed by atoms with van der Waals surface area (Å²) in [4.78, 5) is 18.8. The molecule has 0 spiro atoms. The molecule has 0 fully saturated rings. The lowest BCUT2D eigenvalue weighted by molar-refractivity contribution is -0.133. The van der Waals surface area contributed by atoms with Crippen molar-refractivity contribution in [2.24, 2.45) is 28.7 Å². The molecule has 0 radical (unpaired) electrons. The van der Waals surface area contributed by atoms with E-state index in [4.69, 9.17) is 4.99 Å². The Hall–Kier alpha value is -0.770. The van der Waals surface area contributed by atoms with Crippen molar-refractivity contribution < 1.29 is 4.79 Å². The molecule has 0 aromatic heterocycles. The molecule has 0 aromatic rings. The van der Waals surface area contributed by atoms with Crippen LogP contribution in [0.5, 0.6) is 0 Å². The molecule has 1 heterocycles. The summed E-state index contributed by atoms with van der Waals surface area (Å²) in [7, 11) is 1.94. The maximum absolute atomic E-state index is 12.2. The normalized spacial score (nSPS) is 22.0. The lowest BCUT2D eigenvalue weighted by Gasteiger charge is -2.26. The van der Waals surface area contributed by atoms with E-state index in [1.54, 1.807) is 0 Å². The number of hydrogen-bond acceptors (Lipinski definition) is 3. The first kappa shape index (κ1) is 22.3. The average Bonchev–Trinajstić information content (AvgIpc) is 3.05. The molecule has 144 valence electrons. The molecule has 5 atom stereocenters. The molecule has 1 aliphatic rings. The lowest BCUT2D eigenvalue weighted by atomic mass is 9.84. The van der Waals surface area contributed by atoms with Crippen molar-refractivity contribution in [2.45, 2.75) is 66.3 Å². The topological polar surface area (TPSA) is 32.7 Å². The van der Waals surface area contributed by atoms with Crippen molar-refractivity contribution in [3.8, 4) is 0 Å². The van der Waals surface area contributed by atoms with Crippen molar-refractivity contribution in [3.05, 3.63) is 12.7 Å². The molecule has 1 aliphatic heterocycles. The highest BCUT2D eigenvalue weighted by Gasteiger charge is 2.22. The van der Waals surface area contributed by atoms with Crippen molar-refractivity contribution in [2.75, 3.05) is 19.3 Å². The van der Waals surface area contributed by atoms with E-state index in [2.05, 4.69) is 34.3 Å². The van der Waals surface area contributed by atoms with Crippen LogP contribution in [0.25, 0.3) is 0 Å². The molecular formula is C21H38N2OS. The van der Waals surface area contributed by atoms with Gasteiger partial charge in [0.15, 0.2) is 0 Å². The molecule has 0 aliphatic carbocycles. The molecule has 1 rings (SSSR count). The first-order valence-electron chi connectivity index (χ1n) is 9.85. The van der Waals surface area contributed by atoms with Crippen LogP contribution in [0.4, 0.5) is 0 Å². The van der Waals surface area contributed by atoms with Crippen molar-refractivity contribution in [1.82, 2.24) is 4.90 Å². The van der Waals surface area contributed by atoms with Crippen LogP contribution >= 0.6 is 11.8 Å². The van der Waals surface area contributed by atoms with E-state index < -0.39 is 0 Å². The minimum absolute atomic E-state index is 0.142. The van der Waals surface area contributed by atoms with Gasteiger partial charge in [-0.25, -0.2) is 0 Å². The molecule has 0 saturated heterocycles. The minimum Gasteiger partial charge on any atom is -0.346 e. The van der Waals surface area contributed by atoms with Gasteiger partial charge in [0.1, 0.15) is 0 Å². The zero-order valence-corrected chi connectivity index (χ0v) is 17.9. The minimum atomic E-state index is 0.142. The van der Waals surface area contributed by atoms with Crippen LogP contribution in [0, 0.1) is 23.7 Å². The molecule has 0 bridgehead atoms. The summed E-state index contributed by atoms with van der Waals surface area (Å²) in [6, 6.07) is 0.319. The van der Waals surface area contributed by atoms with Gasteiger partial charge in [-0.3, -0.25) is 9.79 Å². The Kier molecular flexibility index (Phi) is 9.84. The summed E-state index contributed by atoms with van der Waals surface area (Å²) >= 11 is 1.90. The largest absolute Gasteiger partial charge is 0.346 e. The number of amides is 1. The Morgan fingerprint density at radius 3 is 2.60 bits per heavy atom. The SMILES string of the molecule is C=CC1CSC(C[C@@H](C)[C@@H](C)C[C@H](C)CCN(C)C(=O)[C@H](C)CC)=N1. The van der Waals surface area contributed by atoms with Gasteiger partial charge < -0.3 is 4.90 Å². The quantitative estimate of drug-likeness (QED) is 0.467. The first-order valence-corrected chi connectivity index (χ1v) is 10.8. The van der Waals surface area contributed by atoms with Gasteiger partial charge in [0.05, 0.1) is 11.1 Å². The lowest BCUT2D eigenvalue weighted by Crippen LogP contribution is -2.33. The van der Waals surface area contributed by atoms with Gasteiger partial charge in [-0.2, -0.15) is 0 Å². The third kappa shape index (κ3) is 7.55. The summed E-state index contributed by atoms with van der Waals surface area (Å²) < 4.78 is 0. The van der Waals surface area contributed by atoms with E-state index in [1.165, 1.54) is 11.5 Å². The van der Waals surface area contributed by atoms with Crippen molar-refractivity contribution >= 4 is 22.7 Å². The van der Waals surface area contributed by atoms with Gasteiger partial charge in [0, 0.05) is 25.3 Å². The number of aliphatic imine (C=N–C) groups is 1. The van der Waals surface area contributed by atoms with Crippen LogP contribution in [0.2, 0.25) is 0 Å². The molecule has 25 heavy (non-hydrogen) atoms. The van der Waals surface area contributed by atoms with Gasteiger partial charge in [0.2, 0.25) is 5.91 Å². The van der Waals surface area contributed by atoms with Crippen molar-refractivity contribution in [3.63, 3.8) is 0 Å². The fourth-order valence-electron chi connectivity index (χ4n) is 3.21. The van der Waals surface area contributed by atoms with Gasteiger partial charge in [0.25, 0.3) is 0 Å². The van der Waals surface area contributed by atoms with Gasteiger partial charge in [-0.15, -0.1) is 18.3 Å². The third-order valence-corrected chi connectivity index (χ3v) is 6.73. The number of thioether (sulfide) groups is 1. The second-order valence-electron chi connectivity index (χ2n) is 7.99. The molecule has 0 aromatic carbocycles. The molecule has 0 N–H and O–H groups in total. The number of carbonyl (C=O) groups is 1. The zero-order valence-electron chi connectivity index (χ0n) is 17.1. The molecule has 3 nitrogen and oxygen atoms in total. The Balaban J connectivity index is 2.34. The van der Waals surface area contributed by atoms with Crippen molar-refractivity contribution in [1.29, 1.82) is 0 Å². The maximum Gasteiger partial charge on any atom is 0.225 e. The standard InChI is InChI=1S/C21H38N2OS/c1-8-16(4)21(24)23(7)11-10-15(3)12-17(5)18(6)13-20-22-19(9-2)14-25-20/h9,15-19H,2,8,10-14H2,1,3-7H3/t15-,16-,17+,18-,19?/m1/s1. The van der Waals surface area contributed by atoms with Crippen LogP contribution in [0.1, 0.15) is 60.3 Å². The molecular weight excluding hydrogens is 328 g/mol. The van der Waals surface area contributed by atoms with E-state index in [9.17, 15) is 4.79 Å². The monoisotopic (exact) mass is 366 g/mol. The fourth-order valence-corrected chi connectivity index (χ4v) is 4.37. The second kappa shape index (κ2) is 11.1. The highest BCUT2D eigenvalue weighted by molar-refractivity contribution is 8.14. The third-order valence-electron chi connectivity index (χ3n) is 5.61. The first-order chi connectivity index (χ1) is 11.8. The summed E-state index contributed by atoms with van der Waals surface area (Å²) in [6.07, 6.45) is 6.27. The van der Waals surface area contributed by atoms with Crippen LogP contribution < -0.4 is 0 Å². The second-order valence-corrected chi connectivity index (χ2v) is 9.09. The van der Waals surface area contributed by atoms with Crippen LogP contribution in [0.3, 0.4) is 0 Å². The predicted molar refractivity (Wildman–Crippen MR) is 112 cm³/mol. The summed E-state index contributed by atoms with van der Waals surface area (Å²) in [5.41, 5.74) is 0. The van der Waals surface area contributed by atoms with Gasteiger partial charge >= 0.3 is 0 Å². The van der Waals surface area contributed by atoms with E-state index in [0.717, 1.165) is 31.6 Å². The summed E-state index contributed by atoms with van der Waals surface area (Å²) in [5.74, 6) is 3.46. The summed E-state index contributed by atoms with van der Waals surface area (Å²) in [6.45, 7) is 15.8.